The van der Waals surface area contributed by atoms with Gasteiger partial charge in [0.1, 0.15) is 5.75 Å². The van der Waals surface area contributed by atoms with Crippen LogP contribution in [0.2, 0.25) is 0 Å². The van der Waals surface area contributed by atoms with E-state index in [9.17, 15) is 9.59 Å². The molecule has 1 atom stereocenters. The molecule has 0 heterocycles. The van der Waals surface area contributed by atoms with Crippen LogP contribution >= 0.6 is 0 Å². The standard InChI is InChI=1S/C16H23NO4/c1-5-6-11(4)15(18)17-13-9-12(16(19)20)7-8-14(13)21-10(2)3/h7-11H,5-6H2,1-4H3,(H,17,18)(H,19,20). The normalized spacial score (nSPS) is 12.0. The quantitative estimate of drug-likeness (QED) is 0.806. The summed E-state index contributed by atoms with van der Waals surface area (Å²) >= 11 is 0. The number of carbonyl (C=O) groups excluding carboxylic acids is 1. The maximum absolute atomic E-state index is 12.1. The molecule has 0 spiro atoms. The molecule has 1 aromatic rings. The maximum atomic E-state index is 12.1. The van der Waals surface area contributed by atoms with E-state index in [2.05, 4.69) is 5.32 Å². The van der Waals surface area contributed by atoms with Crippen LogP contribution in [-0.4, -0.2) is 23.1 Å². The molecule has 0 saturated heterocycles. The molecule has 0 aromatic heterocycles. The van der Waals surface area contributed by atoms with Crippen LogP contribution in [0.15, 0.2) is 18.2 Å². The monoisotopic (exact) mass is 293 g/mol. The summed E-state index contributed by atoms with van der Waals surface area (Å²) in [6.45, 7) is 7.61. The Bertz CT molecular complexity index is 511. The van der Waals surface area contributed by atoms with Crippen LogP contribution in [0.5, 0.6) is 5.75 Å². The van der Waals surface area contributed by atoms with Crippen molar-refractivity contribution in [3.63, 3.8) is 0 Å². The zero-order valence-corrected chi connectivity index (χ0v) is 13.0. The van der Waals surface area contributed by atoms with Crippen molar-refractivity contribution in [3.05, 3.63) is 23.8 Å². The molecule has 5 heteroatoms. The number of aromatic carboxylic acids is 1. The van der Waals surface area contributed by atoms with Crippen molar-refractivity contribution < 1.29 is 19.4 Å². The van der Waals surface area contributed by atoms with Crippen LogP contribution < -0.4 is 10.1 Å². The molecule has 1 amide bonds. The molecule has 116 valence electrons. The lowest BCUT2D eigenvalue weighted by Crippen LogP contribution is -2.21. The Labute approximate surface area is 125 Å². The van der Waals surface area contributed by atoms with Crippen LogP contribution in [0, 0.1) is 5.92 Å². The van der Waals surface area contributed by atoms with E-state index in [4.69, 9.17) is 9.84 Å². The molecule has 0 aliphatic rings. The number of anilines is 1. The molecular formula is C16H23NO4. The highest BCUT2D eigenvalue weighted by molar-refractivity contribution is 5.96. The highest BCUT2D eigenvalue weighted by Gasteiger charge is 2.16. The molecule has 0 aliphatic heterocycles. The van der Waals surface area contributed by atoms with E-state index in [0.717, 1.165) is 12.8 Å². The molecule has 21 heavy (non-hydrogen) atoms. The second kappa shape index (κ2) is 7.67. The van der Waals surface area contributed by atoms with E-state index < -0.39 is 5.97 Å². The number of amides is 1. The van der Waals surface area contributed by atoms with Gasteiger partial charge in [-0.1, -0.05) is 20.3 Å². The van der Waals surface area contributed by atoms with Gasteiger partial charge in [0.2, 0.25) is 5.91 Å². The number of hydrogen-bond acceptors (Lipinski definition) is 3. The summed E-state index contributed by atoms with van der Waals surface area (Å²) in [5.41, 5.74) is 0.515. The lowest BCUT2D eigenvalue weighted by molar-refractivity contribution is -0.119. The van der Waals surface area contributed by atoms with Gasteiger partial charge in [-0.3, -0.25) is 4.79 Å². The predicted octanol–water partition coefficient (Wildman–Crippen LogP) is 3.55. The molecule has 0 aliphatic carbocycles. The fourth-order valence-corrected chi connectivity index (χ4v) is 1.94. The average Bonchev–Trinajstić information content (AvgIpc) is 2.40. The third-order valence-electron chi connectivity index (χ3n) is 3.02. The van der Waals surface area contributed by atoms with E-state index in [1.165, 1.54) is 12.1 Å². The van der Waals surface area contributed by atoms with Crippen molar-refractivity contribution in [3.8, 4) is 5.75 Å². The zero-order chi connectivity index (χ0) is 16.0. The van der Waals surface area contributed by atoms with Crippen molar-refractivity contribution >= 4 is 17.6 Å². The van der Waals surface area contributed by atoms with Gasteiger partial charge in [0.25, 0.3) is 0 Å². The highest BCUT2D eigenvalue weighted by Crippen LogP contribution is 2.27. The van der Waals surface area contributed by atoms with Crippen molar-refractivity contribution in [2.75, 3.05) is 5.32 Å². The average molecular weight is 293 g/mol. The van der Waals surface area contributed by atoms with Gasteiger partial charge in [0.05, 0.1) is 17.4 Å². The Morgan fingerprint density at radius 2 is 1.95 bits per heavy atom. The minimum Gasteiger partial charge on any atom is -0.489 e. The van der Waals surface area contributed by atoms with Gasteiger partial charge in [0.15, 0.2) is 0 Å². The number of ether oxygens (including phenoxy) is 1. The largest absolute Gasteiger partial charge is 0.489 e. The first kappa shape index (κ1) is 17.0. The summed E-state index contributed by atoms with van der Waals surface area (Å²) in [5, 5.41) is 11.8. The summed E-state index contributed by atoms with van der Waals surface area (Å²) in [7, 11) is 0. The Hall–Kier alpha value is -2.04. The maximum Gasteiger partial charge on any atom is 0.335 e. The number of carboxylic acids is 1. The van der Waals surface area contributed by atoms with Gasteiger partial charge in [-0.15, -0.1) is 0 Å². The van der Waals surface area contributed by atoms with Crippen LogP contribution in [0.4, 0.5) is 5.69 Å². The first-order valence-corrected chi connectivity index (χ1v) is 7.20. The smallest absolute Gasteiger partial charge is 0.335 e. The fraction of sp³-hybridized carbons (Fsp3) is 0.500. The van der Waals surface area contributed by atoms with Gasteiger partial charge in [-0.05, 0) is 38.5 Å². The van der Waals surface area contributed by atoms with E-state index in [-0.39, 0.29) is 23.5 Å². The van der Waals surface area contributed by atoms with E-state index in [0.29, 0.717) is 11.4 Å². The van der Waals surface area contributed by atoms with Gasteiger partial charge < -0.3 is 15.2 Å². The minimum atomic E-state index is -1.04. The molecule has 1 rings (SSSR count). The van der Waals surface area contributed by atoms with Crippen molar-refractivity contribution in [2.45, 2.75) is 46.6 Å². The summed E-state index contributed by atoms with van der Waals surface area (Å²) in [4.78, 5) is 23.2. The molecular weight excluding hydrogens is 270 g/mol. The minimum absolute atomic E-state index is 0.0654. The van der Waals surface area contributed by atoms with Crippen molar-refractivity contribution in [2.24, 2.45) is 5.92 Å². The van der Waals surface area contributed by atoms with Crippen molar-refractivity contribution in [1.29, 1.82) is 0 Å². The zero-order valence-electron chi connectivity index (χ0n) is 13.0. The summed E-state index contributed by atoms with van der Waals surface area (Å²) in [6.07, 6.45) is 1.63. The number of nitrogens with one attached hydrogen (secondary N) is 1. The Balaban J connectivity index is 3.02. The molecule has 0 saturated carbocycles. The molecule has 2 N–H and O–H groups in total. The number of carboxylic acid groups (broad SMARTS) is 1. The molecule has 0 fully saturated rings. The lowest BCUT2D eigenvalue weighted by Gasteiger charge is -2.17. The summed E-state index contributed by atoms with van der Waals surface area (Å²) in [6, 6.07) is 4.46. The topological polar surface area (TPSA) is 75.6 Å². The Kier molecular flexibility index (Phi) is 6.21. The van der Waals surface area contributed by atoms with E-state index in [1.54, 1.807) is 6.07 Å². The summed E-state index contributed by atoms with van der Waals surface area (Å²) in [5.74, 6) is -0.821. The molecule has 0 bridgehead atoms. The lowest BCUT2D eigenvalue weighted by atomic mass is 10.1. The molecule has 0 radical (unpaired) electrons. The van der Waals surface area contributed by atoms with Gasteiger partial charge in [-0.25, -0.2) is 4.79 Å². The fourth-order valence-electron chi connectivity index (χ4n) is 1.94. The van der Waals surface area contributed by atoms with Crippen LogP contribution in [0.1, 0.15) is 50.9 Å². The van der Waals surface area contributed by atoms with Crippen LogP contribution in [0.25, 0.3) is 0 Å². The third-order valence-corrected chi connectivity index (χ3v) is 3.02. The van der Waals surface area contributed by atoms with Gasteiger partial charge >= 0.3 is 5.97 Å². The Morgan fingerprint density at radius 3 is 2.48 bits per heavy atom. The molecule has 1 unspecified atom stereocenters. The second-order valence-corrected chi connectivity index (χ2v) is 5.36. The molecule has 5 nitrogen and oxygen atoms in total. The number of rotatable bonds is 7. The van der Waals surface area contributed by atoms with E-state index >= 15 is 0 Å². The number of hydrogen-bond donors (Lipinski definition) is 2. The first-order chi connectivity index (χ1) is 9.85. The first-order valence-electron chi connectivity index (χ1n) is 7.20. The van der Waals surface area contributed by atoms with Gasteiger partial charge in [0, 0.05) is 5.92 Å². The number of carbonyl (C=O) groups is 2. The van der Waals surface area contributed by atoms with Gasteiger partial charge in [-0.2, -0.15) is 0 Å². The predicted molar refractivity (Wildman–Crippen MR) is 81.9 cm³/mol. The second-order valence-electron chi connectivity index (χ2n) is 5.36. The van der Waals surface area contributed by atoms with E-state index in [1.807, 2.05) is 27.7 Å². The van der Waals surface area contributed by atoms with Crippen LogP contribution in [-0.2, 0) is 4.79 Å². The Morgan fingerprint density at radius 1 is 1.29 bits per heavy atom. The SMILES string of the molecule is CCCC(C)C(=O)Nc1cc(C(=O)O)ccc1OC(C)C. The van der Waals surface area contributed by atoms with Crippen LogP contribution in [0.3, 0.4) is 0 Å². The number of benzene rings is 1. The highest BCUT2D eigenvalue weighted by atomic mass is 16.5. The molecule has 1 aromatic carbocycles. The van der Waals surface area contributed by atoms with Crippen molar-refractivity contribution in [1.82, 2.24) is 0 Å². The summed E-state index contributed by atoms with van der Waals surface area (Å²) < 4.78 is 5.61. The third kappa shape index (κ3) is 5.10.